The number of nitrogens with zero attached hydrogens (tertiary/aromatic N) is 2. The average molecular weight is 289 g/mol. The van der Waals surface area contributed by atoms with E-state index in [1.54, 1.807) is 6.08 Å². The standard InChI is InChI=1S/C16H23N3O2/c20-15(8-7-13-4-1-2-5-13)18-10-3-6-14(12-18)19-11-9-17-16(19)21/h4,7-8,14H,1-3,5-6,9-12H2,(H,17,21)/b8-7+. The Hall–Kier alpha value is -1.78. The van der Waals surface area contributed by atoms with E-state index in [9.17, 15) is 9.59 Å². The average Bonchev–Trinajstić information content (AvgIpc) is 3.16. The van der Waals surface area contributed by atoms with Crippen molar-refractivity contribution in [3.05, 3.63) is 23.8 Å². The van der Waals surface area contributed by atoms with Gasteiger partial charge in [0, 0.05) is 32.3 Å². The molecule has 3 rings (SSSR count). The van der Waals surface area contributed by atoms with Crippen molar-refractivity contribution < 1.29 is 9.59 Å². The second kappa shape index (κ2) is 6.33. The molecule has 2 fully saturated rings. The summed E-state index contributed by atoms with van der Waals surface area (Å²) < 4.78 is 0. The summed E-state index contributed by atoms with van der Waals surface area (Å²) in [5.74, 6) is 0.0760. The Kier molecular flexibility index (Phi) is 4.27. The fourth-order valence-corrected chi connectivity index (χ4v) is 3.37. The molecular formula is C16H23N3O2. The number of rotatable bonds is 3. The molecule has 0 aromatic heterocycles. The molecule has 0 bridgehead atoms. The van der Waals surface area contributed by atoms with Crippen LogP contribution in [0, 0.1) is 0 Å². The Balaban J connectivity index is 1.57. The molecule has 1 N–H and O–H groups in total. The molecule has 2 heterocycles. The lowest BCUT2D eigenvalue weighted by atomic mass is 10.0. The van der Waals surface area contributed by atoms with Crippen molar-refractivity contribution in [1.82, 2.24) is 15.1 Å². The molecule has 0 spiro atoms. The number of likely N-dealkylation sites (tertiary alicyclic amines) is 1. The molecule has 5 nitrogen and oxygen atoms in total. The number of hydrogen-bond donors (Lipinski definition) is 1. The summed E-state index contributed by atoms with van der Waals surface area (Å²) in [5, 5.41) is 2.84. The first kappa shape index (κ1) is 14.2. The van der Waals surface area contributed by atoms with Crippen LogP contribution in [-0.2, 0) is 4.79 Å². The molecular weight excluding hydrogens is 266 g/mol. The first-order valence-corrected chi connectivity index (χ1v) is 7.94. The summed E-state index contributed by atoms with van der Waals surface area (Å²) in [6, 6.07) is 0.185. The predicted molar refractivity (Wildman–Crippen MR) is 80.8 cm³/mol. The van der Waals surface area contributed by atoms with Gasteiger partial charge in [-0.15, -0.1) is 0 Å². The van der Waals surface area contributed by atoms with Crippen molar-refractivity contribution in [3.63, 3.8) is 0 Å². The van der Waals surface area contributed by atoms with Crippen LogP contribution in [0.5, 0.6) is 0 Å². The Morgan fingerprint density at radius 2 is 2.24 bits per heavy atom. The largest absolute Gasteiger partial charge is 0.337 e. The van der Waals surface area contributed by atoms with E-state index in [1.165, 1.54) is 12.0 Å². The molecule has 1 atom stereocenters. The molecule has 2 saturated heterocycles. The molecule has 1 aliphatic carbocycles. The van der Waals surface area contributed by atoms with Crippen molar-refractivity contribution in [2.24, 2.45) is 0 Å². The van der Waals surface area contributed by atoms with E-state index in [-0.39, 0.29) is 18.0 Å². The highest BCUT2D eigenvalue weighted by atomic mass is 16.2. The van der Waals surface area contributed by atoms with Gasteiger partial charge in [0.15, 0.2) is 0 Å². The van der Waals surface area contributed by atoms with Crippen molar-refractivity contribution in [1.29, 1.82) is 0 Å². The zero-order chi connectivity index (χ0) is 14.7. The maximum Gasteiger partial charge on any atom is 0.317 e. The first-order valence-electron chi connectivity index (χ1n) is 7.94. The number of carbonyl (C=O) groups is 2. The summed E-state index contributed by atoms with van der Waals surface area (Å²) in [5.41, 5.74) is 1.27. The van der Waals surface area contributed by atoms with Crippen LogP contribution in [-0.4, -0.2) is 54.0 Å². The zero-order valence-electron chi connectivity index (χ0n) is 12.4. The topological polar surface area (TPSA) is 52.7 Å². The second-order valence-electron chi connectivity index (χ2n) is 6.01. The van der Waals surface area contributed by atoms with E-state index in [1.807, 2.05) is 15.9 Å². The SMILES string of the molecule is O=C(/C=C/C1=CCCC1)N1CCCC(N2CCNC2=O)C1. The Morgan fingerprint density at radius 1 is 1.33 bits per heavy atom. The number of hydrogen-bond acceptors (Lipinski definition) is 2. The minimum Gasteiger partial charge on any atom is -0.337 e. The lowest BCUT2D eigenvalue weighted by Gasteiger charge is -2.36. The van der Waals surface area contributed by atoms with Gasteiger partial charge in [0.25, 0.3) is 0 Å². The molecule has 5 heteroatoms. The minimum atomic E-state index is 0.0148. The van der Waals surface area contributed by atoms with Crippen molar-refractivity contribution >= 4 is 11.9 Å². The third-order valence-corrected chi connectivity index (χ3v) is 4.55. The summed E-state index contributed by atoms with van der Waals surface area (Å²) in [7, 11) is 0. The summed E-state index contributed by atoms with van der Waals surface area (Å²) >= 11 is 0. The molecule has 0 saturated carbocycles. The third-order valence-electron chi connectivity index (χ3n) is 4.55. The maximum atomic E-state index is 12.3. The Labute approximate surface area is 125 Å². The molecule has 0 radical (unpaired) electrons. The smallest absolute Gasteiger partial charge is 0.317 e. The van der Waals surface area contributed by atoms with Crippen LogP contribution >= 0.6 is 0 Å². The normalized spacial score (nSPS) is 26.4. The lowest BCUT2D eigenvalue weighted by molar-refractivity contribution is -0.127. The molecule has 1 unspecified atom stereocenters. The molecule has 3 aliphatic rings. The van der Waals surface area contributed by atoms with Crippen LogP contribution in [0.4, 0.5) is 4.79 Å². The predicted octanol–water partition coefficient (Wildman–Crippen LogP) is 1.67. The molecule has 114 valence electrons. The monoisotopic (exact) mass is 289 g/mol. The molecule has 0 aromatic carbocycles. The van der Waals surface area contributed by atoms with Gasteiger partial charge in [0.05, 0.1) is 6.04 Å². The van der Waals surface area contributed by atoms with E-state index < -0.39 is 0 Å². The number of carbonyl (C=O) groups excluding carboxylic acids is 2. The van der Waals surface area contributed by atoms with E-state index in [0.29, 0.717) is 6.54 Å². The van der Waals surface area contributed by atoms with E-state index >= 15 is 0 Å². The van der Waals surface area contributed by atoms with Gasteiger partial charge >= 0.3 is 6.03 Å². The third kappa shape index (κ3) is 3.28. The van der Waals surface area contributed by atoms with Gasteiger partial charge in [-0.2, -0.15) is 0 Å². The highest BCUT2D eigenvalue weighted by molar-refractivity contribution is 5.88. The zero-order valence-corrected chi connectivity index (χ0v) is 12.4. The number of urea groups is 1. The first-order chi connectivity index (χ1) is 10.2. The quantitative estimate of drug-likeness (QED) is 0.804. The van der Waals surface area contributed by atoms with E-state index in [0.717, 1.165) is 45.3 Å². The molecule has 2 aliphatic heterocycles. The van der Waals surface area contributed by atoms with Gasteiger partial charge < -0.3 is 15.1 Å². The molecule has 3 amide bonds. The Bertz CT molecular complexity index is 484. The van der Waals surface area contributed by atoms with E-state index in [4.69, 9.17) is 0 Å². The highest BCUT2D eigenvalue weighted by Gasteiger charge is 2.32. The summed E-state index contributed by atoms with van der Waals surface area (Å²) in [6.07, 6.45) is 11.2. The fraction of sp³-hybridized carbons (Fsp3) is 0.625. The lowest BCUT2D eigenvalue weighted by Crippen LogP contribution is -2.50. The summed E-state index contributed by atoms with van der Waals surface area (Å²) in [4.78, 5) is 27.8. The van der Waals surface area contributed by atoms with Gasteiger partial charge in [-0.25, -0.2) is 4.79 Å². The van der Waals surface area contributed by atoms with Crippen LogP contribution in [0.3, 0.4) is 0 Å². The van der Waals surface area contributed by atoms with Crippen LogP contribution in [0.2, 0.25) is 0 Å². The van der Waals surface area contributed by atoms with Crippen molar-refractivity contribution in [2.75, 3.05) is 26.2 Å². The second-order valence-corrected chi connectivity index (χ2v) is 6.01. The van der Waals surface area contributed by atoms with E-state index in [2.05, 4.69) is 11.4 Å². The number of piperidine rings is 1. The van der Waals surface area contributed by atoms with Gasteiger partial charge in [0.1, 0.15) is 0 Å². The van der Waals surface area contributed by atoms with Gasteiger partial charge in [-0.1, -0.05) is 17.7 Å². The fourth-order valence-electron chi connectivity index (χ4n) is 3.37. The number of allylic oxidation sites excluding steroid dienone is 3. The highest BCUT2D eigenvalue weighted by Crippen LogP contribution is 2.20. The summed E-state index contributed by atoms with van der Waals surface area (Å²) in [6.45, 7) is 2.94. The van der Waals surface area contributed by atoms with Crippen molar-refractivity contribution in [2.45, 2.75) is 38.1 Å². The van der Waals surface area contributed by atoms with Crippen LogP contribution in [0.25, 0.3) is 0 Å². The number of nitrogens with one attached hydrogen (secondary N) is 1. The maximum absolute atomic E-state index is 12.3. The minimum absolute atomic E-state index is 0.0148. The van der Waals surface area contributed by atoms with Crippen LogP contribution in [0.1, 0.15) is 32.1 Å². The van der Waals surface area contributed by atoms with Gasteiger partial charge in [-0.3, -0.25) is 4.79 Å². The van der Waals surface area contributed by atoms with Gasteiger partial charge in [-0.05, 0) is 32.1 Å². The van der Waals surface area contributed by atoms with Gasteiger partial charge in [0.2, 0.25) is 5.91 Å². The molecule has 0 aromatic rings. The van der Waals surface area contributed by atoms with Crippen molar-refractivity contribution in [3.8, 4) is 0 Å². The number of amides is 3. The molecule has 21 heavy (non-hydrogen) atoms. The van der Waals surface area contributed by atoms with Crippen LogP contribution < -0.4 is 5.32 Å². The van der Waals surface area contributed by atoms with Crippen LogP contribution in [0.15, 0.2) is 23.8 Å². The Morgan fingerprint density at radius 3 is 2.95 bits per heavy atom.